The summed E-state index contributed by atoms with van der Waals surface area (Å²) in [5, 5.41) is 16.6. The maximum atomic E-state index is 14.2. The van der Waals surface area contributed by atoms with Gasteiger partial charge < -0.3 is 10.1 Å². The van der Waals surface area contributed by atoms with Gasteiger partial charge in [0.15, 0.2) is 0 Å². The van der Waals surface area contributed by atoms with Crippen molar-refractivity contribution in [1.29, 1.82) is 5.26 Å². The standard InChI is InChI=1S/C18H21FN4O/c1-12(2)23-11-15(10-22-23)18-16(6-7-24-18)21-9-14-5-3-4-13(8-20)17(14)19/h3-5,10-12,16,18,21H,6-7,9H2,1-2H3/t16-,18+/m0/s1. The van der Waals surface area contributed by atoms with Crippen LogP contribution in [0.15, 0.2) is 30.6 Å². The monoisotopic (exact) mass is 328 g/mol. The van der Waals surface area contributed by atoms with Gasteiger partial charge in [0.25, 0.3) is 0 Å². The summed E-state index contributed by atoms with van der Waals surface area (Å²) in [5.74, 6) is -0.449. The fourth-order valence-corrected chi connectivity index (χ4v) is 2.95. The summed E-state index contributed by atoms with van der Waals surface area (Å²) in [5.41, 5.74) is 1.61. The number of nitriles is 1. The van der Waals surface area contributed by atoms with E-state index in [0.717, 1.165) is 12.0 Å². The van der Waals surface area contributed by atoms with Gasteiger partial charge in [-0.05, 0) is 26.3 Å². The summed E-state index contributed by atoms with van der Waals surface area (Å²) in [6, 6.07) is 7.16. The second-order valence-electron chi connectivity index (χ2n) is 6.31. The lowest BCUT2D eigenvalue weighted by Crippen LogP contribution is -2.31. The summed E-state index contributed by atoms with van der Waals surface area (Å²) in [7, 11) is 0. The number of halogens is 1. The minimum atomic E-state index is -0.449. The van der Waals surface area contributed by atoms with Gasteiger partial charge in [0.05, 0.1) is 11.8 Å². The Hall–Kier alpha value is -2.23. The molecule has 1 N–H and O–H groups in total. The molecule has 0 amide bonds. The van der Waals surface area contributed by atoms with Gasteiger partial charge in [-0.3, -0.25) is 4.68 Å². The zero-order chi connectivity index (χ0) is 17.1. The fourth-order valence-electron chi connectivity index (χ4n) is 2.95. The van der Waals surface area contributed by atoms with Crippen molar-refractivity contribution in [3.63, 3.8) is 0 Å². The molecule has 0 spiro atoms. The summed E-state index contributed by atoms with van der Waals surface area (Å²) in [6.45, 7) is 5.18. The van der Waals surface area contributed by atoms with Crippen LogP contribution in [0.4, 0.5) is 4.39 Å². The van der Waals surface area contributed by atoms with Crippen LogP contribution in [-0.2, 0) is 11.3 Å². The van der Waals surface area contributed by atoms with Crippen LogP contribution in [0.2, 0.25) is 0 Å². The van der Waals surface area contributed by atoms with E-state index in [4.69, 9.17) is 10.00 Å². The number of nitrogens with one attached hydrogen (secondary N) is 1. The first-order valence-electron chi connectivity index (χ1n) is 8.16. The Kier molecular flexibility index (Phi) is 4.93. The Balaban J connectivity index is 1.69. The average molecular weight is 328 g/mol. The summed E-state index contributed by atoms with van der Waals surface area (Å²) >= 11 is 0. The van der Waals surface area contributed by atoms with E-state index in [1.807, 2.05) is 23.1 Å². The average Bonchev–Trinajstić information content (AvgIpc) is 3.22. The van der Waals surface area contributed by atoms with Crippen LogP contribution in [-0.4, -0.2) is 22.4 Å². The van der Waals surface area contributed by atoms with Crippen molar-refractivity contribution in [1.82, 2.24) is 15.1 Å². The van der Waals surface area contributed by atoms with E-state index < -0.39 is 5.82 Å². The topological polar surface area (TPSA) is 62.9 Å². The molecule has 1 aliphatic rings. The molecule has 1 saturated heterocycles. The molecule has 6 heteroatoms. The lowest BCUT2D eigenvalue weighted by Gasteiger charge is -2.19. The highest BCUT2D eigenvalue weighted by molar-refractivity contribution is 5.35. The van der Waals surface area contributed by atoms with Crippen LogP contribution < -0.4 is 5.32 Å². The van der Waals surface area contributed by atoms with E-state index in [0.29, 0.717) is 24.8 Å². The smallest absolute Gasteiger partial charge is 0.145 e. The molecule has 0 saturated carbocycles. The zero-order valence-corrected chi connectivity index (χ0v) is 13.9. The Morgan fingerprint density at radius 1 is 1.50 bits per heavy atom. The van der Waals surface area contributed by atoms with Gasteiger partial charge in [-0.2, -0.15) is 10.4 Å². The molecule has 24 heavy (non-hydrogen) atoms. The van der Waals surface area contributed by atoms with Crippen molar-refractivity contribution in [3.05, 3.63) is 53.1 Å². The van der Waals surface area contributed by atoms with Crippen molar-refractivity contribution in [2.45, 2.75) is 45.0 Å². The highest BCUT2D eigenvalue weighted by Crippen LogP contribution is 2.29. The molecule has 2 atom stereocenters. The maximum absolute atomic E-state index is 14.2. The number of rotatable bonds is 5. The molecular weight excluding hydrogens is 307 g/mol. The van der Waals surface area contributed by atoms with Gasteiger partial charge in [0.1, 0.15) is 18.0 Å². The fraction of sp³-hybridized carbons (Fsp3) is 0.444. The number of hydrogen-bond donors (Lipinski definition) is 1. The quantitative estimate of drug-likeness (QED) is 0.916. The number of nitrogens with zero attached hydrogens (tertiary/aromatic N) is 3. The van der Waals surface area contributed by atoms with E-state index in [2.05, 4.69) is 24.3 Å². The molecule has 126 valence electrons. The minimum absolute atomic E-state index is 0.0757. The lowest BCUT2D eigenvalue weighted by atomic mass is 10.0. The van der Waals surface area contributed by atoms with E-state index in [1.54, 1.807) is 12.1 Å². The molecule has 0 radical (unpaired) electrons. The molecule has 0 aliphatic carbocycles. The Morgan fingerprint density at radius 2 is 2.33 bits per heavy atom. The van der Waals surface area contributed by atoms with Crippen LogP contribution in [0.3, 0.4) is 0 Å². The van der Waals surface area contributed by atoms with Gasteiger partial charge in [-0.25, -0.2) is 4.39 Å². The van der Waals surface area contributed by atoms with Crippen LogP contribution in [0.25, 0.3) is 0 Å². The zero-order valence-electron chi connectivity index (χ0n) is 13.9. The molecule has 0 bridgehead atoms. The van der Waals surface area contributed by atoms with Gasteiger partial charge in [-0.1, -0.05) is 12.1 Å². The molecule has 1 fully saturated rings. The SMILES string of the molecule is CC(C)n1cc([C@H]2OCC[C@@H]2NCc2cccc(C#N)c2F)cn1. The predicted octanol–water partition coefficient (Wildman–Crippen LogP) is 3.09. The molecule has 2 aromatic rings. The van der Waals surface area contributed by atoms with Crippen molar-refractivity contribution < 1.29 is 9.13 Å². The van der Waals surface area contributed by atoms with Gasteiger partial charge in [0, 0.05) is 42.6 Å². The van der Waals surface area contributed by atoms with E-state index in [-0.39, 0.29) is 17.7 Å². The summed E-state index contributed by atoms with van der Waals surface area (Å²) in [6.07, 6.45) is 4.62. The molecule has 2 heterocycles. The summed E-state index contributed by atoms with van der Waals surface area (Å²) in [4.78, 5) is 0. The molecule has 5 nitrogen and oxygen atoms in total. The van der Waals surface area contributed by atoms with Crippen LogP contribution in [0.1, 0.15) is 49.1 Å². The van der Waals surface area contributed by atoms with Crippen molar-refractivity contribution in [3.8, 4) is 6.07 Å². The lowest BCUT2D eigenvalue weighted by molar-refractivity contribution is 0.0983. The van der Waals surface area contributed by atoms with Crippen molar-refractivity contribution in [2.24, 2.45) is 0 Å². The number of aromatic nitrogens is 2. The van der Waals surface area contributed by atoms with Crippen molar-refractivity contribution in [2.75, 3.05) is 6.61 Å². The highest BCUT2D eigenvalue weighted by atomic mass is 19.1. The molecule has 0 unspecified atom stereocenters. The third-order valence-electron chi connectivity index (χ3n) is 4.32. The van der Waals surface area contributed by atoms with E-state index in [1.165, 1.54) is 6.07 Å². The third kappa shape index (κ3) is 3.32. The van der Waals surface area contributed by atoms with Crippen LogP contribution in [0, 0.1) is 17.1 Å². The predicted molar refractivity (Wildman–Crippen MR) is 87.7 cm³/mol. The van der Waals surface area contributed by atoms with Crippen molar-refractivity contribution >= 4 is 0 Å². The normalized spacial score (nSPS) is 20.5. The van der Waals surface area contributed by atoms with Crippen LogP contribution >= 0.6 is 0 Å². The molecular formula is C18H21FN4O. The van der Waals surface area contributed by atoms with Gasteiger partial charge >= 0.3 is 0 Å². The first kappa shape index (κ1) is 16.6. The molecule has 1 aliphatic heterocycles. The Morgan fingerprint density at radius 3 is 3.04 bits per heavy atom. The van der Waals surface area contributed by atoms with E-state index in [9.17, 15) is 4.39 Å². The first-order valence-corrected chi connectivity index (χ1v) is 8.16. The number of benzene rings is 1. The number of hydrogen-bond acceptors (Lipinski definition) is 4. The molecule has 1 aromatic heterocycles. The second-order valence-corrected chi connectivity index (χ2v) is 6.31. The largest absolute Gasteiger partial charge is 0.372 e. The Bertz CT molecular complexity index is 750. The minimum Gasteiger partial charge on any atom is -0.372 e. The van der Waals surface area contributed by atoms with Gasteiger partial charge in [0.2, 0.25) is 0 Å². The summed E-state index contributed by atoms with van der Waals surface area (Å²) < 4.78 is 21.9. The molecule has 3 rings (SSSR count). The Labute approximate surface area is 141 Å². The highest BCUT2D eigenvalue weighted by Gasteiger charge is 2.30. The maximum Gasteiger partial charge on any atom is 0.145 e. The van der Waals surface area contributed by atoms with Crippen LogP contribution in [0.5, 0.6) is 0 Å². The molecule has 1 aromatic carbocycles. The first-order chi connectivity index (χ1) is 11.6. The number of ether oxygens (including phenoxy) is 1. The second kappa shape index (κ2) is 7.12. The third-order valence-corrected chi connectivity index (χ3v) is 4.32. The van der Waals surface area contributed by atoms with E-state index >= 15 is 0 Å². The van der Waals surface area contributed by atoms with Gasteiger partial charge in [-0.15, -0.1) is 0 Å².